The Hall–Kier alpha value is -0.630. The van der Waals surface area contributed by atoms with Crippen molar-refractivity contribution in [2.24, 2.45) is 0 Å². The molecule has 0 amide bonds. The van der Waals surface area contributed by atoms with Crippen LogP contribution < -0.4 is 0 Å². The summed E-state index contributed by atoms with van der Waals surface area (Å²) >= 11 is 5.55. The first kappa shape index (κ1) is 6.49. The highest BCUT2D eigenvalue weighted by molar-refractivity contribution is 6.20. The molecule has 0 aromatic carbocycles. The Balaban J connectivity index is 2.86. The summed E-state index contributed by atoms with van der Waals surface area (Å²) < 4.78 is 0.765. The van der Waals surface area contributed by atoms with Crippen molar-refractivity contribution < 1.29 is 4.76 Å². The zero-order valence-electron chi connectivity index (χ0n) is 5.04. The third-order valence-corrected chi connectivity index (χ3v) is 1.50. The summed E-state index contributed by atoms with van der Waals surface area (Å²) in [5.41, 5.74) is 0.132. The minimum absolute atomic E-state index is 0.519. The SMILES string of the molecule is CC1=CC=CC(Cl)[N+]1=O. The summed E-state index contributed by atoms with van der Waals surface area (Å²) in [4.78, 5) is 10.8. The molecule has 1 rings (SSSR count). The lowest BCUT2D eigenvalue weighted by molar-refractivity contribution is -0.505. The number of nitroso groups, excluding NO2 is 1. The fourth-order valence-electron chi connectivity index (χ4n) is 0.633. The molecule has 3 heteroatoms. The van der Waals surface area contributed by atoms with Crippen LogP contribution in [0.4, 0.5) is 0 Å². The van der Waals surface area contributed by atoms with Crippen LogP contribution in [0.25, 0.3) is 0 Å². The second-order valence-corrected chi connectivity index (χ2v) is 2.34. The van der Waals surface area contributed by atoms with Crippen molar-refractivity contribution in [2.75, 3.05) is 0 Å². The van der Waals surface area contributed by atoms with E-state index < -0.39 is 5.50 Å². The van der Waals surface area contributed by atoms with Crippen LogP contribution in [0, 0.1) is 4.91 Å². The fraction of sp³-hybridized carbons (Fsp3) is 0.333. The van der Waals surface area contributed by atoms with Crippen molar-refractivity contribution in [3.05, 3.63) is 28.8 Å². The van der Waals surface area contributed by atoms with E-state index in [2.05, 4.69) is 0 Å². The predicted octanol–water partition coefficient (Wildman–Crippen LogP) is 1.80. The van der Waals surface area contributed by atoms with Gasteiger partial charge in [-0.05, 0) is 11.6 Å². The molecule has 0 N–H and O–H groups in total. The monoisotopic (exact) mass is 144 g/mol. The lowest BCUT2D eigenvalue weighted by Crippen LogP contribution is -2.16. The topological polar surface area (TPSA) is 20.1 Å². The van der Waals surface area contributed by atoms with Crippen molar-refractivity contribution in [3.8, 4) is 0 Å². The molecule has 48 valence electrons. The number of hydrogen-bond donors (Lipinski definition) is 0. The third-order valence-electron chi connectivity index (χ3n) is 1.18. The molecule has 1 aliphatic heterocycles. The average Bonchev–Trinajstić information content (AvgIpc) is 1.83. The van der Waals surface area contributed by atoms with E-state index in [1.807, 2.05) is 0 Å². The van der Waals surface area contributed by atoms with E-state index in [1.165, 1.54) is 0 Å². The molecule has 1 unspecified atom stereocenters. The number of hydrogen-bond acceptors (Lipinski definition) is 1. The Morgan fingerprint density at radius 2 is 2.44 bits per heavy atom. The molecule has 0 bridgehead atoms. The maximum absolute atomic E-state index is 10.8. The van der Waals surface area contributed by atoms with Crippen LogP contribution in [0.2, 0.25) is 0 Å². The first-order valence-electron chi connectivity index (χ1n) is 2.67. The van der Waals surface area contributed by atoms with Gasteiger partial charge in [0, 0.05) is 24.0 Å². The summed E-state index contributed by atoms with van der Waals surface area (Å²) in [5.74, 6) is 0. The van der Waals surface area contributed by atoms with E-state index in [9.17, 15) is 4.91 Å². The summed E-state index contributed by atoms with van der Waals surface area (Å²) in [6.07, 6.45) is 5.15. The van der Waals surface area contributed by atoms with E-state index in [1.54, 1.807) is 25.2 Å². The largest absolute Gasteiger partial charge is 0.300 e. The van der Waals surface area contributed by atoms with E-state index in [0.717, 1.165) is 4.76 Å². The van der Waals surface area contributed by atoms with Gasteiger partial charge in [-0.1, -0.05) is 6.08 Å². The number of allylic oxidation sites excluding steroid dienone is 3. The van der Waals surface area contributed by atoms with E-state index in [0.29, 0.717) is 5.70 Å². The molecule has 0 aromatic rings. The van der Waals surface area contributed by atoms with Crippen molar-refractivity contribution in [2.45, 2.75) is 12.4 Å². The molecule has 0 spiro atoms. The molecule has 0 aliphatic carbocycles. The lowest BCUT2D eigenvalue weighted by atomic mass is 10.3. The van der Waals surface area contributed by atoms with Gasteiger partial charge in [0.15, 0.2) is 0 Å². The van der Waals surface area contributed by atoms with Gasteiger partial charge < -0.3 is 0 Å². The molecule has 0 saturated carbocycles. The summed E-state index contributed by atoms with van der Waals surface area (Å²) in [6.45, 7) is 1.73. The van der Waals surface area contributed by atoms with Gasteiger partial charge >= 0.3 is 0 Å². The molecule has 1 heterocycles. The zero-order chi connectivity index (χ0) is 6.85. The highest BCUT2D eigenvalue weighted by Gasteiger charge is 2.23. The molecule has 0 aromatic heterocycles. The Labute approximate surface area is 58.4 Å². The molecule has 0 fully saturated rings. The van der Waals surface area contributed by atoms with Gasteiger partial charge in [0.05, 0.1) is 4.76 Å². The van der Waals surface area contributed by atoms with Gasteiger partial charge in [0.1, 0.15) is 0 Å². The minimum Gasteiger partial charge on any atom is -0.0518 e. The zero-order valence-corrected chi connectivity index (χ0v) is 5.80. The van der Waals surface area contributed by atoms with Crippen molar-refractivity contribution in [1.82, 2.24) is 0 Å². The third kappa shape index (κ3) is 1.19. The highest BCUT2D eigenvalue weighted by Crippen LogP contribution is 2.11. The average molecular weight is 145 g/mol. The van der Waals surface area contributed by atoms with Crippen LogP contribution in [-0.2, 0) is 0 Å². The standard InChI is InChI=1S/C6H7ClNO/c1-5-3-2-4-6(7)8(5)9/h2-4,6H,1H3/q+1. The van der Waals surface area contributed by atoms with Gasteiger partial charge in [0.2, 0.25) is 5.70 Å². The first-order valence-corrected chi connectivity index (χ1v) is 3.11. The van der Waals surface area contributed by atoms with Crippen LogP contribution in [-0.4, -0.2) is 10.3 Å². The van der Waals surface area contributed by atoms with E-state index >= 15 is 0 Å². The number of halogens is 1. The smallest absolute Gasteiger partial charge is 0.0518 e. The molecule has 1 aliphatic rings. The maximum Gasteiger partial charge on any atom is 0.300 e. The number of rotatable bonds is 0. The van der Waals surface area contributed by atoms with Crippen LogP contribution in [0.1, 0.15) is 6.92 Å². The molecule has 0 radical (unpaired) electrons. The van der Waals surface area contributed by atoms with Crippen molar-refractivity contribution >= 4 is 11.6 Å². The van der Waals surface area contributed by atoms with Gasteiger partial charge in [0.25, 0.3) is 5.50 Å². The van der Waals surface area contributed by atoms with Crippen molar-refractivity contribution in [3.63, 3.8) is 0 Å². The number of alkyl halides is 1. The van der Waals surface area contributed by atoms with E-state index in [4.69, 9.17) is 11.6 Å². The van der Waals surface area contributed by atoms with Gasteiger partial charge in [-0.2, -0.15) is 0 Å². The molecule has 1 atom stereocenters. The lowest BCUT2D eigenvalue weighted by Gasteiger charge is -1.97. The van der Waals surface area contributed by atoms with Gasteiger partial charge in [-0.3, -0.25) is 0 Å². The first-order chi connectivity index (χ1) is 4.22. The number of nitrogens with zero attached hydrogens (tertiary/aromatic N) is 1. The normalized spacial score (nSPS) is 26.2. The Morgan fingerprint density at radius 3 is 2.89 bits per heavy atom. The highest BCUT2D eigenvalue weighted by atomic mass is 35.5. The molecule has 2 nitrogen and oxygen atoms in total. The summed E-state index contributed by atoms with van der Waals surface area (Å²) in [6, 6.07) is 0. The Kier molecular flexibility index (Phi) is 1.67. The van der Waals surface area contributed by atoms with Crippen LogP contribution in [0.15, 0.2) is 23.9 Å². The van der Waals surface area contributed by atoms with E-state index in [-0.39, 0.29) is 0 Å². The minimum atomic E-state index is -0.519. The van der Waals surface area contributed by atoms with Crippen molar-refractivity contribution in [1.29, 1.82) is 0 Å². The van der Waals surface area contributed by atoms with Crippen LogP contribution >= 0.6 is 11.6 Å². The maximum atomic E-state index is 10.8. The fourth-order valence-corrected chi connectivity index (χ4v) is 0.871. The quantitative estimate of drug-likeness (QED) is 0.288. The Bertz CT molecular complexity index is 195. The van der Waals surface area contributed by atoms with Gasteiger partial charge in [-0.25, -0.2) is 0 Å². The van der Waals surface area contributed by atoms with Crippen LogP contribution in [0.5, 0.6) is 0 Å². The molecule has 0 saturated heterocycles. The van der Waals surface area contributed by atoms with Gasteiger partial charge in [-0.15, -0.1) is 0 Å². The summed E-state index contributed by atoms with van der Waals surface area (Å²) in [5, 5.41) is 0. The Morgan fingerprint density at radius 1 is 1.78 bits per heavy atom. The summed E-state index contributed by atoms with van der Waals surface area (Å²) in [7, 11) is 0. The molecular weight excluding hydrogens is 138 g/mol. The second kappa shape index (κ2) is 2.31. The second-order valence-electron chi connectivity index (χ2n) is 1.89. The predicted molar refractivity (Wildman–Crippen MR) is 36.2 cm³/mol. The molecular formula is C6H7ClNO+. The van der Waals surface area contributed by atoms with Crippen LogP contribution in [0.3, 0.4) is 0 Å². The molecule has 9 heavy (non-hydrogen) atoms.